The van der Waals surface area contributed by atoms with Gasteiger partial charge in [-0.15, -0.1) is 0 Å². The number of aryl methyl sites for hydroxylation is 1. The van der Waals surface area contributed by atoms with Crippen LogP contribution >= 0.6 is 0 Å². The summed E-state index contributed by atoms with van der Waals surface area (Å²) in [5.41, 5.74) is 10.1. The van der Waals surface area contributed by atoms with Gasteiger partial charge in [0.1, 0.15) is 11.8 Å². The third-order valence-electron chi connectivity index (χ3n) is 6.06. The maximum absolute atomic E-state index is 6.18. The van der Waals surface area contributed by atoms with Gasteiger partial charge in [0.05, 0.1) is 12.9 Å². The van der Waals surface area contributed by atoms with Crippen LogP contribution in [0.25, 0.3) is 43.5 Å². The van der Waals surface area contributed by atoms with Gasteiger partial charge in [0.2, 0.25) is 0 Å². The minimum absolute atomic E-state index is 0.447. The third kappa shape index (κ3) is 2.32. The van der Waals surface area contributed by atoms with Crippen molar-refractivity contribution in [2.75, 3.05) is 5.73 Å². The van der Waals surface area contributed by atoms with Crippen LogP contribution in [0.3, 0.4) is 0 Å². The Morgan fingerprint density at radius 3 is 2.43 bits per heavy atom. The van der Waals surface area contributed by atoms with Crippen molar-refractivity contribution in [3.63, 3.8) is 0 Å². The van der Waals surface area contributed by atoms with Crippen molar-refractivity contribution in [1.82, 2.24) is 19.5 Å². The molecule has 0 radical (unpaired) electrons. The topological polar surface area (TPSA) is 69.6 Å². The molecule has 144 valence electrons. The lowest BCUT2D eigenvalue weighted by Gasteiger charge is -2.17. The number of hydrogen-bond donors (Lipinski definition) is 1. The number of nitrogens with two attached hydrogens (primary N) is 1. The van der Waals surface area contributed by atoms with Gasteiger partial charge in [-0.25, -0.2) is 15.0 Å². The van der Waals surface area contributed by atoms with E-state index in [4.69, 9.17) is 5.73 Å². The van der Waals surface area contributed by atoms with E-state index in [1.807, 2.05) is 0 Å². The first kappa shape index (κ1) is 16.9. The van der Waals surface area contributed by atoms with E-state index in [0.29, 0.717) is 18.0 Å². The van der Waals surface area contributed by atoms with Crippen LogP contribution in [0.15, 0.2) is 73.3 Å². The fraction of sp³-hybridized carbons (Fsp3) is 0.0800. The number of imidazole rings is 1. The molecule has 0 aliphatic carbocycles. The molecular formula is C25H19N5. The first-order chi connectivity index (χ1) is 14.7. The molecule has 0 spiro atoms. The molecule has 0 amide bonds. The van der Waals surface area contributed by atoms with E-state index in [9.17, 15) is 0 Å². The zero-order chi connectivity index (χ0) is 20.2. The smallest absolute Gasteiger partial charge is 0.182 e. The molecule has 0 aliphatic heterocycles. The second kappa shape index (κ2) is 6.26. The molecule has 30 heavy (non-hydrogen) atoms. The summed E-state index contributed by atoms with van der Waals surface area (Å²) in [6, 6.07) is 21.6. The summed E-state index contributed by atoms with van der Waals surface area (Å²) in [6.07, 6.45) is 3.26. The van der Waals surface area contributed by atoms with E-state index < -0.39 is 0 Å². The lowest BCUT2D eigenvalue weighted by atomic mass is 9.89. The Balaban J connectivity index is 1.76. The van der Waals surface area contributed by atoms with Gasteiger partial charge in [-0.3, -0.25) is 0 Å². The zero-order valence-electron chi connectivity index (χ0n) is 16.5. The van der Waals surface area contributed by atoms with E-state index in [1.54, 1.807) is 6.33 Å². The monoisotopic (exact) mass is 389 g/mol. The fourth-order valence-electron chi connectivity index (χ4n) is 4.65. The molecule has 2 heterocycles. The van der Waals surface area contributed by atoms with Crippen LogP contribution in [-0.4, -0.2) is 19.5 Å². The molecule has 6 rings (SSSR count). The first-order valence-electron chi connectivity index (χ1n) is 9.95. The van der Waals surface area contributed by atoms with Gasteiger partial charge in [0.25, 0.3) is 0 Å². The number of benzene rings is 4. The number of rotatable bonds is 2. The minimum Gasteiger partial charge on any atom is -0.382 e. The van der Waals surface area contributed by atoms with Crippen LogP contribution in [-0.2, 0) is 6.54 Å². The van der Waals surface area contributed by atoms with Crippen molar-refractivity contribution in [2.24, 2.45) is 0 Å². The molecule has 0 saturated carbocycles. The summed E-state index contributed by atoms with van der Waals surface area (Å²) in [4.78, 5) is 12.9. The molecule has 0 atom stereocenters. The van der Waals surface area contributed by atoms with Crippen molar-refractivity contribution < 1.29 is 0 Å². The molecule has 5 heteroatoms. The number of nitrogen functional groups attached to an aromatic ring is 1. The maximum Gasteiger partial charge on any atom is 0.182 e. The minimum atomic E-state index is 0.447. The number of anilines is 1. The van der Waals surface area contributed by atoms with Crippen molar-refractivity contribution in [3.05, 3.63) is 84.4 Å². The van der Waals surface area contributed by atoms with Crippen LogP contribution < -0.4 is 5.73 Å². The molecular weight excluding hydrogens is 370 g/mol. The highest BCUT2D eigenvalue weighted by Crippen LogP contribution is 2.37. The second-order valence-electron chi connectivity index (χ2n) is 7.66. The van der Waals surface area contributed by atoms with Crippen LogP contribution in [0.2, 0.25) is 0 Å². The highest BCUT2D eigenvalue weighted by atomic mass is 15.1. The van der Waals surface area contributed by atoms with Crippen molar-refractivity contribution >= 4 is 49.3 Å². The number of fused-ring (bicyclic) bond motifs is 5. The second-order valence-corrected chi connectivity index (χ2v) is 7.66. The van der Waals surface area contributed by atoms with E-state index in [-0.39, 0.29) is 0 Å². The molecule has 5 nitrogen and oxygen atoms in total. The summed E-state index contributed by atoms with van der Waals surface area (Å²) in [6.45, 7) is 2.85. The lowest BCUT2D eigenvalue weighted by Crippen LogP contribution is -2.04. The SMILES string of the molecule is Cc1c2ccccc2c(Cn2cnc3ncnc(N)c32)c2c1ccc1ccccc12. The van der Waals surface area contributed by atoms with Gasteiger partial charge in [0.15, 0.2) is 11.5 Å². The summed E-state index contributed by atoms with van der Waals surface area (Å²) >= 11 is 0. The molecule has 4 aromatic carbocycles. The molecule has 6 aromatic rings. The van der Waals surface area contributed by atoms with Gasteiger partial charge in [0, 0.05) is 0 Å². The fourth-order valence-corrected chi connectivity index (χ4v) is 4.65. The molecule has 0 bridgehead atoms. The summed E-state index contributed by atoms with van der Waals surface area (Å²) in [5, 5.41) is 7.56. The van der Waals surface area contributed by atoms with E-state index in [2.05, 4.69) is 87.1 Å². The highest BCUT2D eigenvalue weighted by molar-refractivity contribution is 6.16. The quantitative estimate of drug-likeness (QED) is 0.325. The molecule has 2 aromatic heterocycles. The van der Waals surface area contributed by atoms with Crippen LogP contribution in [0.1, 0.15) is 11.1 Å². The van der Waals surface area contributed by atoms with Gasteiger partial charge in [-0.1, -0.05) is 60.7 Å². The van der Waals surface area contributed by atoms with Gasteiger partial charge in [-0.05, 0) is 50.4 Å². The number of aromatic nitrogens is 4. The predicted molar refractivity (Wildman–Crippen MR) is 123 cm³/mol. The Hall–Kier alpha value is -3.99. The molecule has 0 aliphatic rings. The zero-order valence-corrected chi connectivity index (χ0v) is 16.5. The average molecular weight is 389 g/mol. The van der Waals surface area contributed by atoms with Crippen molar-refractivity contribution in [1.29, 1.82) is 0 Å². The molecule has 0 unspecified atom stereocenters. The Bertz CT molecular complexity index is 1600. The largest absolute Gasteiger partial charge is 0.382 e. The molecule has 0 saturated heterocycles. The van der Waals surface area contributed by atoms with Gasteiger partial charge >= 0.3 is 0 Å². The Morgan fingerprint density at radius 2 is 1.57 bits per heavy atom. The van der Waals surface area contributed by atoms with Crippen LogP contribution in [0.4, 0.5) is 5.82 Å². The summed E-state index contributed by atoms with van der Waals surface area (Å²) < 4.78 is 2.06. The highest BCUT2D eigenvalue weighted by Gasteiger charge is 2.16. The van der Waals surface area contributed by atoms with Gasteiger partial charge in [-0.2, -0.15) is 0 Å². The van der Waals surface area contributed by atoms with Crippen LogP contribution in [0, 0.1) is 6.92 Å². The molecule has 2 N–H and O–H groups in total. The number of hydrogen-bond acceptors (Lipinski definition) is 4. The summed E-state index contributed by atoms with van der Waals surface area (Å²) in [7, 11) is 0. The third-order valence-corrected chi connectivity index (χ3v) is 6.06. The first-order valence-corrected chi connectivity index (χ1v) is 9.95. The normalized spacial score (nSPS) is 11.8. The van der Waals surface area contributed by atoms with Gasteiger partial charge < -0.3 is 10.3 Å². The van der Waals surface area contributed by atoms with Crippen molar-refractivity contribution in [3.8, 4) is 0 Å². The van der Waals surface area contributed by atoms with Crippen molar-refractivity contribution in [2.45, 2.75) is 13.5 Å². The summed E-state index contributed by atoms with van der Waals surface area (Å²) in [5.74, 6) is 0.447. The number of nitrogens with zero attached hydrogens (tertiary/aromatic N) is 4. The van der Waals surface area contributed by atoms with E-state index in [1.165, 1.54) is 49.8 Å². The Morgan fingerprint density at radius 1 is 0.800 bits per heavy atom. The van der Waals surface area contributed by atoms with Crippen LogP contribution in [0.5, 0.6) is 0 Å². The standard InChI is InChI=1S/C25H19N5/c1-15-17-7-4-5-9-20(17)21(12-30-14-29-25-23(30)24(26)27-13-28-25)22-18(15)11-10-16-6-2-3-8-19(16)22/h2-11,13-14H,12H2,1H3,(H2,26,27,28). The lowest BCUT2D eigenvalue weighted by molar-refractivity contribution is 0.835. The predicted octanol–water partition coefficient (Wildman–Crippen LogP) is 5.22. The maximum atomic E-state index is 6.18. The Labute approximate surface area is 172 Å². The Kier molecular flexibility index (Phi) is 3.53. The average Bonchev–Trinajstić information content (AvgIpc) is 3.20. The molecule has 0 fully saturated rings. The van der Waals surface area contributed by atoms with E-state index in [0.717, 1.165) is 5.52 Å². The van der Waals surface area contributed by atoms with E-state index >= 15 is 0 Å².